The maximum atomic E-state index is 13.6. The average molecular weight is 612 g/mol. The van der Waals surface area contributed by atoms with Crippen LogP contribution < -0.4 is 16.0 Å². The minimum atomic E-state index is -1.18. The molecule has 0 spiro atoms. The second-order valence-corrected chi connectivity index (χ2v) is 12.2. The molecule has 45 heavy (non-hydrogen) atoms. The summed E-state index contributed by atoms with van der Waals surface area (Å²) >= 11 is 0. The molecule has 3 atom stereocenters. The molecule has 0 bridgehead atoms. The first-order valence-corrected chi connectivity index (χ1v) is 15.7. The van der Waals surface area contributed by atoms with Gasteiger partial charge in [0.05, 0.1) is 24.0 Å². The van der Waals surface area contributed by atoms with Crippen molar-refractivity contribution in [3.8, 4) is 0 Å². The van der Waals surface area contributed by atoms with E-state index in [-0.39, 0.29) is 32.0 Å². The highest BCUT2D eigenvalue weighted by Crippen LogP contribution is 2.29. The van der Waals surface area contributed by atoms with E-state index >= 15 is 0 Å². The van der Waals surface area contributed by atoms with E-state index in [0.29, 0.717) is 31.4 Å². The third-order valence-corrected chi connectivity index (χ3v) is 8.78. The van der Waals surface area contributed by atoms with Crippen LogP contribution in [-0.4, -0.2) is 53.6 Å². The Bertz CT molecular complexity index is 1530. The standard InChI is InChI=1S/C36H41N3O6/c40-24-36(18-8-9-19-36)39-32(41)22-28-14-6-7-15-29(20-25-10-2-1-3-11-25)35(44)45-23-31(38-33(28)42)34(43)37-30-17-16-26-12-4-5-13-27(26)21-30/h1-7,10-13,16-17,21,28-29,31,40H,8-9,14-15,18-20,22-24H2,(H,37,43)(H,38,42)(H,39,41). The third-order valence-electron chi connectivity index (χ3n) is 8.78. The van der Waals surface area contributed by atoms with Gasteiger partial charge in [0.1, 0.15) is 12.6 Å². The summed E-state index contributed by atoms with van der Waals surface area (Å²) in [4.78, 5) is 53.5. The summed E-state index contributed by atoms with van der Waals surface area (Å²) in [7, 11) is 0. The Balaban J connectivity index is 1.35. The van der Waals surface area contributed by atoms with Crippen LogP contribution in [0.2, 0.25) is 0 Å². The molecule has 1 fully saturated rings. The lowest BCUT2D eigenvalue weighted by molar-refractivity contribution is -0.150. The van der Waals surface area contributed by atoms with Gasteiger partial charge in [-0.15, -0.1) is 0 Å². The number of rotatable bonds is 8. The largest absolute Gasteiger partial charge is 0.463 e. The molecule has 1 heterocycles. The van der Waals surface area contributed by atoms with Crippen LogP contribution in [0.3, 0.4) is 0 Å². The quantitative estimate of drug-likeness (QED) is 0.220. The van der Waals surface area contributed by atoms with E-state index < -0.39 is 41.2 Å². The van der Waals surface area contributed by atoms with Crippen molar-refractivity contribution in [1.82, 2.24) is 10.6 Å². The molecule has 3 aromatic rings. The van der Waals surface area contributed by atoms with Crippen molar-refractivity contribution < 1.29 is 29.0 Å². The second kappa shape index (κ2) is 15.0. The summed E-state index contributed by atoms with van der Waals surface area (Å²) in [5.41, 5.74) is 0.866. The molecule has 4 N–H and O–H groups in total. The van der Waals surface area contributed by atoms with Crippen LogP contribution in [0, 0.1) is 11.8 Å². The number of allylic oxidation sites excluding steroid dienone is 2. The minimum Gasteiger partial charge on any atom is -0.463 e. The lowest BCUT2D eigenvalue weighted by Crippen LogP contribution is -2.52. The fourth-order valence-electron chi connectivity index (χ4n) is 6.16. The van der Waals surface area contributed by atoms with Crippen LogP contribution in [0.4, 0.5) is 5.69 Å². The first-order valence-electron chi connectivity index (χ1n) is 15.7. The SMILES string of the molecule is O=C(CC1CC=CCC(Cc2ccccc2)C(=O)OCC(C(=O)Nc2ccc3ccccc3c2)NC1=O)NC1(CO)CCCC1. The number of esters is 1. The molecule has 1 saturated carbocycles. The summed E-state index contributed by atoms with van der Waals surface area (Å²) in [6.45, 7) is -0.508. The zero-order valence-corrected chi connectivity index (χ0v) is 25.4. The molecule has 3 aromatic carbocycles. The number of hydrogen-bond acceptors (Lipinski definition) is 6. The number of carbonyl (C=O) groups is 4. The number of aliphatic hydroxyl groups is 1. The van der Waals surface area contributed by atoms with Gasteiger partial charge >= 0.3 is 5.97 Å². The first kappa shape index (κ1) is 31.9. The summed E-state index contributed by atoms with van der Waals surface area (Å²) < 4.78 is 5.67. The number of cyclic esters (lactones) is 1. The Morgan fingerprint density at radius 3 is 2.31 bits per heavy atom. The average Bonchev–Trinajstić information content (AvgIpc) is 3.52. The smallest absolute Gasteiger partial charge is 0.309 e. The summed E-state index contributed by atoms with van der Waals surface area (Å²) in [5.74, 6) is -3.06. The van der Waals surface area contributed by atoms with Crippen molar-refractivity contribution in [2.75, 3.05) is 18.5 Å². The van der Waals surface area contributed by atoms with Crippen molar-refractivity contribution in [3.63, 3.8) is 0 Å². The Kier molecular flexibility index (Phi) is 10.6. The van der Waals surface area contributed by atoms with Crippen LogP contribution in [-0.2, 0) is 30.3 Å². The van der Waals surface area contributed by atoms with E-state index in [4.69, 9.17) is 4.74 Å². The van der Waals surface area contributed by atoms with Crippen molar-refractivity contribution in [1.29, 1.82) is 0 Å². The number of anilines is 1. The molecular weight excluding hydrogens is 570 g/mol. The molecule has 9 nitrogen and oxygen atoms in total. The molecule has 3 unspecified atom stereocenters. The van der Waals surface area contributed by atoms with Crippen LogP contribution >= 0.6 is 0 Å². The Morgan fingerprint density at radius 1 is 0.889 bits per heavy atom. The van der Waals surface area contributed by atoms with E-state index in [1.54, 1.807) is 6.07 Å². The highest BCUT2D eigenvalue weighted by molar-refractivity contribution is 5.99. The number of hydrogen-bond donors (Lipinski definition) is 4. The molecule has 0 saturated heterocycles. The number of aliphatic hydroxyl groups excluding tert-OH is 1. The van der Waals surface area contributed by atoms with E-state index in [2.05, 4.69) is 16.0 Å². The van der Waals surface area contributed by atoms with Crippen LogP contribution in [0.25, 0.3) is 10.8 Å². The van der Waals surface area contributed by atoms with Crippen LogP contribution in [0.5, 0.6) is 0 Å². The van der Waals surface area contributed by atoms with E-state index in [1.165, 1.54) is 0 Å². The monoisotopic (exact) mass is 611 g/mol. The first-order chi connectivity index (χ1) is 21.8. The third kappa shape index (κ3) is 8.57. The Hall–Kier alpha value is -4.50. The predicted molar refractivity (Wildman–Crippen MR) is 172 cm³/mol. The molecule has 1 aliphatic heterocycles. The highest BCUT2D eigenvalue weighted by Gasteiger charge is 2.36. The van der Waals surface area contributed by atoms with Crippen molar-refractivity contribution >= 4 is 40.2 Å². The van der Waals surface area contributed by atoms with Crippen LogP contribution in [0.1, 0.15) is 50.5 Å². The fraction of sp³-hybridized carbons (Fsp3) is 0.389. The van der Waals surface area contributed by atoms with Gasteiger partial charge in [-0.3, -0.25) is 19.2 Å². The molecule has 0 aromatic heterocycles. The van der Waals surface area contributed by atoms with E-state index in [9.17, 15) is 24.3 Å². The van der Waals surface area contributed by atoms with Gasteiger partial charge in [-0.1, -0.05) is 85.7 Å². The van der Waals surface area contributed by atoms with E-state index in [1.807, 2.05) is 78.9 Å². The molecule has 236 valence electrons. The highest BCUT2D eigenvalue weighted by atomic mass is 16.5. The summed E-state index contributed by atoms with van der Waals surface area (Å²) in [6.07, 6.45) is 7.87. The Morgan fingerprint density at radius 2 is 1.58 bits per heavy atom. The molecule has 9 heteroatoms. The topological polar surface area (TPSA) is 134 Å². The number of nitrogens with one attached hydrogen (secondary N) is 3. The van der Waals surface area contributed by atoms with Gasteiger partial charge in [0.25, 0.3) is 5.91 Å². The van der Waals surface area contributed by atoms with Crippen molar-refractivity contribution in [3.05, 3.63) is 90.5 Å². The normalized spacial score (nSPS) is 22.0. The van der Waals surface area contributed by atoms with Crippen LogP contribution in [0.15, 0.2) is 84.9 Å². The number of amides is 3. The second-order valence-electron chi connectivity index (χ2n) is 12.2. The van der Waals surface area contributed by atoms with Crippen molar-refractivity contribution in [2.45, 2.75) is 62.9 Å². The number of benzene rings is 3. The lowest BCUT2D eigenvalue weighted by atomic mass is 9.93. The zero-order chi connectivity index (χ0) is 31.6. The van der Waals surface area contributed by atoms with Gasteiger partial charge < -0.3 is 25.8 Å². The maximum Gasteiger partial charge on any atom is 0.309 e. The van der Waals surface area contributed by atoms with Gasteiger partial charge in [-0.05, 0) is 60.6 Å². The van der Waals surface area contributed by atoms with Gasteiger partial charge in [0.2, 0.25) is 11.8 Å². The van der Waals surface area contributed by atoms with Gasteiger partial charge in [-0.25, -0.2) is 0 Å². The fourth-order valence-corrected chi connectivity index (χ4v) is 6.16. The summed E-state index contributed by atoms with van der Waals surface area (Å²) in [6, 6.07) is 21.7. The predicted octanol–water partition coefficient (Wildman–Crippen LogP) is 4.44. The van der Waals surface area contributed by atoms with E-state index in [0.717, 1.165) is 29.2 Å². The number of ether oxygens (including phenoxy) is 1. The Labute approximate surface area is 263 Å². The lowest BCUT2D eigenvalue weighted by Gasteiger charge is -2.29. The maximum absolute atomic E-state index is 13.6. The number of carbonyl (C=O) groups excluding carboxylic acids is 4. The molecule has 2 aliphatic rings. The van der Waals surface area contributed by atoms with Gasteiger partial charge in [0, 0.05) is 12.1 Å². The number of fused-ring (bicyclic) bond motifs is 1. The minimum absolute atomic E-state index is 0.107. The summed E-state index contributed by atoms with van der Waals surface area (Å²) in [5, 5.41) is 20.5. The zero-order valence-electron chi connectivity index (χ0n) is 25.4. The molecule has 1 aliphatic carbocycles. The molecular formula is C36H41N3O6. The van der Waals surface area contributed by atoms with Gasteiger partial charge in [0.15, 0.2) is 0 Å². The molecule has 5 rings (SSSR count). The molecule has 0 radical (unpaired) electrons. The molecule has 3 amide bonds. The van der Waals surface area contributed by atoms with Gasteiger partial charge in [-0.2, -0.15) is 0 Å². The van der Waals surface area contributed by atoms with Crippen molar-refractivity contribution in [2.24, 2.45) is 11.8 Å².